The molecule has 3 rings (SSSR count). The fourth-order valence-corrected chi connectivity index (χ4v) is 10.2. The smallest absolute Gasteiger partial charge is 0.220 e. The lowest BCUT2D eigenvalue weighted by Gasteiger charge is -2.48. The number of amides is 1. The minimum Gasteiger partial charge on any atom is -0.394 e. The summed E-state index contributed by atoms with van der Waals surface area (Å²) < 4.78 is 33.8. The van der Waals surface area contributed by atoms with Gasteiger partial charge in [0.15, 0.2) is 18.9 Å². The topological polar surface area (TPSA) is 307 Å². The first-order chi connectivity index (χ1) is 36.3. The molecule has 0 radical (unpaired) electrons. The Hall–Kier alpha value is -1.47. The number of rotatable bonds is 43. The number of carbonyl (C=O) groups is 1. The van der Waals surface area contributed by atoms with Gasteiger partial charge in [-0.1, -0.05) is 199 Å². The molecule has 0 aromatic heterocycles. The largest absolute Gasteiger partial charge is 0.394 e. The Morgan fingerprint density at radius 1 is 0.467 bits per heavy atom. The van der Waals surface area contributed by atoms with E-state index in [1.807, 2.05) is 6.08 Å². The first-order valence-electron chi connectivity index (χ1n) is 29.4. The van der Waals surface area contributed by atoms with E-state index in [4.69, 9.17) is 28.4 Å². The zero-order valence-corrected chi connectivity index (χ0v) is 45.8. The second-order valence-corrected chi connectivity index (χ2v) is 21.4. The van der Waals surface area contributed by atoms with Crippen LogP contribution in [0.3, 0.4) is 0 Å². The van der Waals surface area contributed by atoms with Gasteiger partial charge in [-0.05, 0) is 12.8 Å². The summed E-state index contributed by atoms with van der Waals surface area (Å²) in [5.41, 5.74) is 0. The number of hydrogen-bond donors (Lipinski definition) is 12. The van der Waals surface area contributed by atoms with Gasteiger partial charge in [0.25, 0.3) is 0 Å². The maximum atomic E-state index is 12.4. The van der Waals surface area contributed by atoms with Crippen molar-refractivity contribution in [3.05, 3.63) is 12.2 Å². The zero-order valence-electron chi connectivity index (χ0n) is 45.8. The maximum absolute atomic E-state index is 12.4. The van der Waals surface area contributed by atoms with Gasteiger partial charge >= 0.3 is 0 Å². The van der Waals surface area contributed by atoms with Gasteiger partial charge in [-0.25, -0.2) is 0 Å². The standard InChI is InChI=1S/C56H105NO18/c1-3-5-6-7-8-9-10-11-12-13-14-15-16-17-18-19-20-21-22-23-24-25-26-27-28-29-30-31-32-33-34-40(61)39(57-44(62)4-2)38-70-54-50(68)47(65)52(42(36-59)72-54)75-56-51(69)48(66)53(43(37-60)73-56)74-55-49(67)46(64)45(63)41(35-58)71-55/h33-34,39-43,45-56,58-61,63-69H,3-32,35-38H2,1-2H3,(H,57,62)/b34-33+. The van der Waals surface area contributed by atoms with Gasteiger partial charge in [0.2, 0.25) is 5.91 Å². The fourth-order valence-electron chi connectivity index (χ4n) is 10.2. The summed E-state index contributed by atoms with van der Waals surface area (Å²) >= 11 is 0. The Kier molecular flexibility index (Phi) is 36.8. The average Bonchev–Trinajstić information content (AvgIpc) is 3.41. The van der Waals surface area contributed by atoms with Crippen molar-refractivity contribution in [3.63, 3.8) is 0 Å². The Morgan fingerprint density at radius 3 is 1.20 bits per heavy atom. The van der Waals surface area contributed by atoms with Gasteiger partial charge in [-0.2, -0.15) is 0 Å². The molecule has 3 aliphatic rings. The number of aliphatic hydroxyl groups is 11. The van der Waals surface area contributed by atoms with Crippen LogP contribution in [0.1, 0.15) is 206 Å². The molecular weight excluding hydrogens is 975 g/mol. The van der Waals surface area contributed by atoms with Gasteiger partial charge in [0.05, 0.1) is 38.6 Å². The Bertz CT molecular complexity index is 1430. The molecule has 17 unspecified atom stereocenters. The number of ether oxygens (including phenoxy) is 6. The van der Waals surface area contributed by atoms with Crippen molar-refractivity contribution in [3.8, 4) is 0 Å². The molecule has 0 bridgehead atoms. The van der Waals surface area contributed by atoms with Crippen LogP contribution in [0.25, 0.3) is 0 Å². The van der Waals surface area contributed by atoms with Crippen molar-refractivity contribution in [2.24, 2.45) is 0 Å². The Labute approximate surface area is 448 Å². The molecule has 12 N–H and O–H groups in total. The normalized spacial score (nSPS) is 31.2. The van der Waals surface area contributed by atoms with Crippen molar-refractivity contribution in [2.75, 3.05) is 26.4 Å². The van der Waals surface area contributed by atoms with Crippen LogP contribution in [-0.2, 0) is 33.2 Å². The van der Waals surface area contributed by atoms with Crippen molar-refractivity contribution in [1.82, 2.24) is 5.32 Å². The second-order valence-electron chi connectivity index (χ2n) is 21.4. The van der Waals surface area contributed by atoms with Crippen molar-refractivity contribution < 1.29 is 89.4 Å². The van der Waals surface area contributed by atoms with Crippen LogP contribution < -0.4 is 5.32 Å². The molecule has 1 amide bonds. The minimum atomic E-state index is -1.97. The number of nitrogens with one attached hydrogen (secondary N) is 1. The number of unbranched alkanes of at least 4 members (excludes halogenated alkanes) is 28. The average molecular weight is 1080 g/mol. The maximum Gasteiger partial charge on any atom is 0.220 e. The van der Waals surface area contributed by atoms with Gasteiger partial charge in [0.1, 0.15) is 73.2 Å². The number of allylic oxidation sites excluding steroid dienone is 1. The van der Waals surface area contributed by atoms with E-state index < -0.39 is 124 Å². The molecule has 3 fully saturated rings. The Morgan fingerprint density at radius 2 is 0.813 bits per heavy atom. The molecule has 0 aromatic carbocycles. The predicted octanol–water partition coefficient (Wildman–Crippen LogP) is 4.60. The quantitative estimate of drug-likeness (QED) is 0.0293. The summed E-state index contributed by atoms with van der Waals surface area (Å²) in [7, 11) is 0. The van der Waals surface area contributed by atoms with E-state index in [2.05, 4.69) is 12.2 Å². The van der Waals surface area contributed by atoms with Crippen molar-refractivity contribution in [2.45, 2.75) is 311 Å². The van der Waals surface area contributed by atoms with Gasteiger partial charge < -0.3 is 89.9 Å². The fraction of sp³-hybridized carbons (Fsp3) is 0.946. The summed E-state index contributed by atoms with van der Waals surface area (Å²) in [5, 5.41) is 119. The van der Waals surface area contributed by atoms with Gasteiger partial charge in [-0.3, -0.25) is 4.79 Å². The summed E-state index contributed by atoms with van der Waals surface area (Å²) in [6.45, 7) is 1.16. The molecule has 19 heteroatoms. The van der Waals surface area contributed by atoms with Gasteiger partial charge in [0, 0.05) is 6.42 Å². The van der Waals surface area contributed by atoms with E-state index in [0.717, 1.165) is 25.7 Å². The van der Waals surface area contributed by atoms with E-state index >= 15 is 0 Å². The molecule has 0 aliphatic carbocycles. The van der Waals surface area contributed by atoms with E-state index in [9.17, 15) is 61.0 Å². The Balaban J connectivity index is 1.26. The van der Waals surface area contributed by atoms with E-state index in [1.54, 1.807) is 13.0 Å². The summed E-state index contributed by atoms with van der Waals surface area (Å²) in [6, 6.07) is -0.965. The van der Waals surface area contributed by atoms with Crippen LogP contribution in [0.2, 0.25) is 0 Å². The second kappa shape index (κ2) is 40.7. The first-order valence-corrected chi connectivity index (χ1v) is 29.4. The highest BCUT2D eigenvalue weighted by Crippen LogP contribution is 2.33. The molecule has 0 aromatic rings. The van der Waals surface area contributed by atoms with Crippen LogP contribution in [0.15, 0.2) is 12.2 Å². The molecule has 0 spiro atoms. The zero-order chi connectivity index (χ0) is 54.8. The van der Waals surface area contributed by atoms with Crippen molar-refractivity contribution in [1.29, 1.82) is 0 Å². The highest BCUT2D eigenvalue weighted by atomic mass is 16.8. The molecule has 3 aliphatic heterocycles. The molecule has 19 nitrogen and oxygen atoms in total. The van der Waals surface area contributed by atoms with Crippen LogP contribution in [0, 0.1) is 0 Å². The molecular formula is C56H105NO18. The van der Waals surface area contributed by atoms with Crippen LogP contribution in [0.4, 0.5) is 0 Å². The molecule has 17 atom stereocenters. The van der Waals surface area contributed by atoms with Gasteiger partial charge in [-0.15, -0.1) is 0 Å². The number of carbonyl (C=O) groups excluding carboxylic acids is 1. The van der Waals surface area contributed by atoms with Crippen LogP contribution >= 0.6 is 0 Å². The highest BCUT2D eigenvalue weighted by molar-refractivity contribution is 5.75. The molecule has 3 saturated heterocycles. The molecule has 0 saturated carbocycles. The minimum absolute atomic E-state index is 0.126. The lowest BCUT2D eigenvalue weighted by Crippen LogP contribution is -2.66. The highest BCUT2D eigenvalue weighted by Gasteiger charge is 2.53. The number of aliphatic hydroxyl groups excluding tert-OH is 11. The van der Waals surface area contributed by atoms with E-state index in [1.165, 1.54) is 161 Å². The third-order valence-corrected chi connectivity index (χ3v) is 15.1. The monoisotopic (exact) mass is 1080 g/mol. The number of hydrogen-bond acceptors (Lipinski definition) is 18. The lowest BCUT2D eigenvalue weighted by molar-refractivity contribution is -0.379. The van der Waals surface area contributed by atoms with E-state index in [-0.39, 0.29) is 18.9 Å². The molecule has 442 valence electrons. The lowest BCUT2D eigenvalue weighted by atomic mass is 9.96. The third-order valence-electron chi connectivity index (χ3n) is 15.1. The summed E-state index contributed by atoms with van der Waals surface area (Å²) in [6.07, 6.45) is 15.2. The van der Waals surface area contributed by atoms with Crippen molar-refractivity contribution >= 4 is 5.91 Å². The van der Waals surface area contributed by atoms with E-state index in [0.29, 0.717) is 0 Å². The predicted molar refractivity (Wildman–Crippen MR) is 282 cm³/mol. The molecule has 75 heavy (non-hydrogen) atoms. The molecule has 3 heterocycles. The van der Waals surface area contributed by atoms with Crippen LogP contribution in [0.5, 0.6) is 0 Å². The van der Waals surface area contributed by atoms with Crippen LogP contribution in [-0.4, -0.2) is 193 Å². The third kappa shape index (κ3) is 25.3. The summed E-state index contributed by atoms with van der Waals surface area (Å²) in [4.78, 5) is 12.4. The summed E-state index contributed by atoms with van der Waals surface area (Å²) in [5.74, 6) is -0.362. The SMILES string of the molecule is CCCCCCCCCCCCCCCCCCCCCCCCCCCCCC/C=C/C(O)C(COC1OC(CO)C(OC2OC(CO)C(OC3OC(CO)C(O)C(O)C3O)C(O)C2O)C(O)C1O)NC(=O)CC. The first kappa shape index (κ1) is 67.8.